The van der Waals surface area contributed by atoms with Crippen LogP contribution in [0.2, 0.25) is 0 Å². The minimum Gasteiger partial charge on any atom is -0.423 e. The highest BCUT2D eigenvalue weighted by Gasteiger charge is 2.09. The van der Waals surface area contributed by atoms with Gasteiger partial charge in [0, 0.05) is 5.69 Å². The van der Waals surface area contributed by atoms with Crippen molar-refractivity contribution in [1.29, 1.82) is 0 Å². The maximum Gasteiger partial charge on any atom is 0.488 e. The third kappa shape index (κ3) is 3.02. The molecule has 0 aliphatic heterocycles. The summed E-state index contributed by atoms with van der Waals surface area (Å²) in [5, 5.41) is 20.5. The van der Waals surface area contributed by atoms with Crippen LogP contribution < -0.4 is 16.5 Å². The van der Waals surface area contributed by atoms with Crippen molar-refractivity contribution >= 4 is 35.6 Å². The quantitative estimate of drug-likeness (QED) is 0.361. The van der Waals surface area contributed by atoms with Gasteiger partial charge in [0.15, 0.2) is 5.11 Å². The lowest BCUT2D eigenvalue weighted by atomic mass is 9.80. The number of rotatable bonds is 2. The largest absolute Gasteiger partial charge is 0.488 e. The first-order valence-electron chi connectivity index (χ1n) is 3.62. The minimum atomic E-state index is -1.45. The maximum absolute atomic E-state index is 8.78. The Hall–Kier alpha value is -1.11. The molecular weight excluding hydrogens is 187 g/mol. The molecule has 0 saturated heterocycles. The summed E-state index contributed by atoms with van der Waals surface area (Å²) in [5.41, 5.74) is 6.39. The average Bonchev–Trinajstić information content (AvgIpc) is 2.04. The van der Waals surface area contributed by atoms with E-state index in [4.69, 9.17) is 15.8 Å². The molecule has 0 atom stereocenters. The van der Waals surface area contributed by atoms with Crippen molar-refractivity contribution in [2.24, 2.45) is 5.73 Å². The van der Waals surface area contributed by atoms with Gasteiger partial charge in [-0.25, -0.2) is 0 Å². The molecule has 1 aromatic carbocycles. The van der Waals surface area contributed by atoms with E-state index in [1.165, 1.54) is 0 Å². The molecule has 0 unspecified atom stereocenters. The third-order valence-electron chi connectivity index (χ3n) is 1.48. The zero-order valence-electron chi connectivity index (χ0n) is 6.77. The number of benzene rings is 1. The molecule has 4 nitrogen and oxygen atoms in total. The molecule has 0 aliphatic carbocycles. The standard InChI is InChI=1S/C7H9BN2O2S/c9-7(13)10-6-3-1-5(2-4-6)8(11)12/h1-4,11-12H,(H3,9,10,13). The van der Waals surface area contributed by atoms with Crippen LogP contribution in [-0.2, 0) is 0 Å². The van der Waals surface area contributed by atoms with Gasteiger partial charge in [-0.1, -0.05) is 12.1 Å². The first-order valence-corrected chi connectivity index (χ1v) is 4.03. The molecule has 1 aromatic rings. The molecule has 0 saturated carbocycles. The third-order valence-corrected chi connectivity index (χ3v) is 1.58. The van der Waals surface area contributed by atoms with Crippen LogP contribution in [0.5, 0.6) is 0 Å². The fourth-order valence-electron chi connectivity index (χ4n) is 0.881. The number of hydrogen-bond acceptors (Lipinski definition) is 3. The lowest BCUT2D eigenvalue weighted by Crippen LogP contribution is -2.29. The second kappa shape index (κ2) is 4.22. The summed E-state index contributed by atoms with van der Waals surface area (Å²) in [4.78, 5) is 0. The smallest absolute Gasteiger partial charge is 0.423 e. The van der Waals surface area contributed by atoms with E-state index < -0.39 is 7.12 Å². The normalized spacial score (nSPS) is 9.38. The Bertz CT molecular complexity index is 302. The number of anilines is 1. The van der Waals surface area contributed by atoms with Gasteiger partial charge in [0.1, 0.15) is 0 Å². The second-order valence-electron chi connectivity index (χ2n) is 2.48. The summed E-state index contributed by atoms with van der Waals surface area (Å²) in [6.45, 7) is 0. The van der Waals surface area contributed by atoms with Gasteiger partial charge in [0.25, 0.3) is 0 Å². The van der Waals surface area contributed by atoms with Crippen molar-refractivity contribution in [2.45, 2.75) is 0 Å². The van der Waals surface area contributed by atoms with E-state index in [0.717, 1.165) is 5.69 Å². The summed E-state index contributed by atoms with van der Waals surface area (Å²) in [6.07, 6.45) is 0. The molecule has 0 aliphatic rings. The molecule has 68 valence electrons. The summed E-state index contributed by atoms with van der Waals surface area (Å²) >= 11 is 4.63. The van der Waals surface area contributed by atoms with Crippen LogP contribution in [0, 0.1) is 0 Å². The number of thiocarbonyl (C=S) groups is 1. The molecule has 6 heteroatoms. The van der Waals surface area contributed by atoms with Crippen LogP contribution >= 0.6 is 12.2 Å². The van der Waals surface area contributed by atoms with Crippen molar-refractivity contribution in [3.05, 3.63) is 24.3 Å². The van der Waals surface area contributed by atoms with Crippen LogP contribution in [0.1, 0.15) is 0 Å². The zero-order valence-corrected chi connectivity index (χ0v) is 7.58. The van der Waals surface area contributed by atoms with Gasteiger partial charge in [-0.15, -0.1) is 0 Å². The Morgan fingerprint density at radius 1 is 1.31 bits per heavy atom. The highest BCUT2D eigenvalue weighted by atomic mass is 32.1. The van der Waals surface area contributed by atoms with E-state index >= 15 is 0 Å². The van der Waals surface area contributed by atoms with E-state index in [-0.39, 0.29) is 5.11 Å². The van der Waals surface area contributed by atoms with Crippen molar-refractivity contribution in [2.75, 3.05) is 5.32 Å². The highest BCUT2D eigenvalue weighted by Crippen LogP contribution is 2.03. The van der Waals surface area contributed by atoms with Gasteiger partial charge < -0.3 is 21.1 Å². The van der Waals surface area contributed by atoms with Gasteiger partial charge in [0.05, 0.1) is 0 Å². The van der Waals surface area contributed by atoms with Crippen molar-refractivity contribution in [3.8, 4) is 0 Å². The van der Waals surface area contributed by atoms with Crippen LogP contribution in [0.25, 0.3) is 0 Å². The Morgan fingerprint density at radius 2 is 1.85 bits per heavy atom. The number of hydrogen-bond donors (Lipinski definition) is 4. The summed E-state index contributed by atoms with van der Waals surface area (Å²) in [7, 11) is -1.45. The molecule has 0 radical (unpaired) electrons. The van der Waals surface area contributed by atoms with Crippen LogP contribution in [0.3, 0.4) is 0 Å². The summed E-state index contributed by atoms with van der Waals surface area (Å²) in [5.74, 6) is 0. The van der Waals surface area contributed by atoms with Crippen LogP contribution in [-0.4, -0.2) is 22.3 Å². The molecule has 0 fully saturated rings. The molecule has 13 heavy (non-hydrogen) atoms. The Kier molecular flexibility index (Phi) is 3.24. The second-order valence-corrected chi connectivity index (χ2v) is 2.92. The Balaban J connectivity index is 2.75. The van der Waals surface area contributed by atoms with Crippen molar-refractivity contribution in [3.63, 3.8) is 0 Å². The SMILES string of the molecule is NC(=S)Nc1ccc(B(O)O)cc1. The van der Waals surface area contributed by atoms with E-state index in [1.807, 2.05) is 0 Å². The summed E-state index contributed by atoms with van der Waals surface area (Å²) < 4.78 is 0. The first-order chi connectivity index (χ1) is 6.09. The zero-order chi connectivity index (χ0) is 9.84. The topological polar surface area (TPSA) is 78.5 Å². The number of nitrogens with two attached hydrogens (primary N) is 1. The van der Waals surface area contributed by atoms with Gasteiger partial charge in [-0.3, -0.25) is 0 Å². The van der Waals surface area contributed by atoms with Crippen LogP contribution in [0.4, 0.5) is 5.69 Å². The van der Waals surface area contributed by atoms with Crippen LogP contribution in [0.15, 0.2) is 24.3 Å². The van der Waals surface area contributed by atoms with Gasteiger partial charge in [-0.05, 0) is 29.8 Å². The van der Waals surface area contributed by atoms with Gasteiger partial charge in [0.2, 0.25) is 0 Å². The van der Waals surface area contributed by atoms with Crippen molar-refractivity contribution < 1.29 is 10.0 Å². The van der Waals surface area contributed by atoms with Gasteiger partial charge >= 0.3 is 7.12 Å². The van der Waals surface area contributed by atoms with E-state index in [1.54, 1.807) is 24.3 Å². The van der Waals surface area contributed by atoms with Crippen molar-refractivity contribution in [1.82, 2.24) is 0 Å². The molecule has 5 N–H and O–H groups in total. The van der Waals surface area contributed by atoms with E-state index in [2.05, 4.69) is 17.5 Å². The monoisotopic (exact) mass is 196 g/mol. The molecule has 0 aromatic heterocycles. The lowest BCUT2D eigenvalue weighted by molar-refractivity contribution is 0.426. The van der Waals surface area contributed by atoms with Gasteiger partial charge in [-0.2, -0.15) is 0 Å². The molecule has 0 bridgehead atoms. The molecule has 0 spiro atoms. The Morgan fingerprint density at radius 3 is 2.23 bits per heavy atom. The molecule has 0 amide bonds. The lowest BCUT2D eigenvalue weighted by Gasteiger charge is -2.04. The molecular formula is C7H9BN2O2S. The summed E-state index contributed by atoms with van der Waals surface area (Å²) in [6, 6.07) is 6.47. The van der Waals surface area contributed by atoms with E-state index in [0.29, 0.717) is 5.46 Å². The number of nitrogens with one attached hydrogen (secondary N) is 1. The van der Waals surface area contributed by atoms with E-state index in [9.17, 15) is 0 Å². The maximum atomic E-state index is 8.78. The average molecular weight is 196 g/mol. The predicted octanol–water partition coefficient (Wildman–Crippen LogP) is -0.978. The highest BCUT2D eigenvalue weighted by molar-refractivity contribution is 7.80. The molecule has 1 rings (SSSR count). The first kappa shape index (κ1) is 9.98. The fourth-order valence-corrected chi connectivity index (χ4v) is 0.999. The predicted molar refractivity (Wildman–Crippen MR) is 56.7 cm³/mol. The Labute approximate surface area is 81.5 Å². The minimum absolute atomic E-state index is 0.178. The molecule has 0 heterocycles. The fraction of sp³-hybridized carbons (Fsp3) is 0.